The van der Waals surface area contributed by atoms with Gasteiger partial charge in [0.15, 0.2) is 0 Å². The summed E-state index contributed by atoms with van der Waals surface area (Å²) in [5.74, 6) is 2.22. The van der Waals surface area contributed by atoms with Crippen LogP contribution in [0.3, 0.4) is 0 Å². The van der Waals surface area contributed by atoms with E-state index in [1.165, 1.54) is 89.5 Å². The Morgan fingerprint density at radius 3 is 2.21 bits per heavy atom. The first-order chi connectivity index (χ1) is 23.2. The highest BCUT2D eigenvalue weighted by Crippen LogP contribution is 2.54. The van der Waals surface area contributed by atoms with Crippen LogP contribution < -0.4 is 0 Å². The first-order valence-corrected chi connectivity index (χ1v) is 19.3. The van der Waals surface area contributed by atoms with E-state index in [0.717, 1.165) is 31.1 Å². The van der Waals surface area contributed by atoms with Gasteiger partial charge in [-0.15, -0.1) is 0 Å². The van der Waals surface area contributed by atoms with Gasteiger partial charge in [0.05, 0.1) is 0 Å². The molecule has 4 atom stereocenters. The molecule has 0 aliphatic heterocycles. The summed E-state index contributed by atoms with van der Waals surface area (Å²) in [4.78, 5) is 0. The molecule has 0 radical (unpaired) electrons. The number of allylic oxidation sites excluding steroid dienone is 6. The molecule has 47 heavy (non-hydrogen) atoms. The lowest BCUT2D eigenvalue weighted by Crippen LogP contribution is -2.33. The molecule has 1 saturated carbocycles. The van der Waals surface area contributed by atoms with Gasteiger partial charge < -0.3 is 0 Å². The smallest absolute Gasteiger partial charge is 0.0212 e. The van der Waals surface area contributed by atoms with Crippen molar-refractivity contribution in [3.8, 4) is 0 Å². The number of aryl methyl sites for hydroxylation is 2. The Morgan fingerprint density at radius 1 is 0.553 bits per heavy atom. The standard InChI is InChI=1S/C46H41I/c47-46-43(37-14-13-32-22-31(11-12-33(32)23-37)30-10-9-28-5-1-2-6-29(28)21-30)19-20-44-42-18-16-35(25-39(42)27-45(44)46)34-15-17-41-38(24-34)26-36-7-3-4-8-40(36)41/h1-8,11-12,16,18,21-25,43-46H,9-10,13-15,17,19-20,26-27H2. The van der Waals surface area contributed by atoms with E-state index < -0.39 is 0 Å². The lowest BCUT2D eigenvalue weighted by atomic mass is 9.70. The van der Waals surface area contributed by atoms with Gasteiger partial charge in [0, 0.05) is 3.92 Å². The van der Waals surface area contributed by atoms with Gasteiger partial charge in [-0.3, -0.25) is 0 Å². The van der Waals surface area contributed by atoms with Crippen LogP contribution in [0.5, 0.6) is 0 Å². The summed E-state index contributed by atoms with van der Waals surface area (Å²) in [7, 11) is 0. The third kappa shape index (κ3) is 4.82. The van der Waals surface area contributed by atoms with Gasteiger partial charge in [-0.25, -0.2) is 0 Å². The maximum absolute atomic E-state index is 2.87. The summed E-state index contributed by atoms with van der Waals surface area (Å²) in [5, 5.41) is 0. The van der Waals surface area contributed by atoms with Crippen LogP contribution in [0.2, 0.25) is 0 Å². The lowest BCUT2D eigenvalue weighted by Gasteiger charge is -2.39. The lowest BCUT2D eigenvalue weighted by molar-refractivity contribution is 0.291. The minimum Gasteiger partial charge on any atom is -0.0816 e. The van der Waals surface area contributed by atoms with E-state index in [1.807, 2.05) is 0 Å². The van der Waals surface area contributed by atoms with Crippen LogP contribution >= 0.6 is 22.6 Å². The number of alkyl halides is 1. The predicted molar refractivity (Wildman–Crippen MR) is 207 cm³/mol. The van der Waals surface area contributed by atoms with Crippen LogP contribution in [-0.4, -0.2) is 3.92 Å². The van der Waals surface area contributed by atoms with Crippen molar-refractivity contribution in [3.05, 3.63) is 158 Å². The average Bonchev–Trinajstić information content (AvgIpc) is 3.69. The van der Waals surface area contributed by atoms with Gasteiger partial charge in [-0.2, -0.15) is 0 Å². The zero-order valence-corrected chi connectivity index (χ0v) is 29.2. The molecule has 232 valence electrons. The van der Waals surface area contributed by atoms with Crippen molar-refractivity contribution < 1.29 is 0 Å². The van der Waals surface area contributed by atoms with Gasteiger partial charge in [0.1, 0.15) is 0 Å². The number of benzene rings is 4. The van der Waals surface area contributed by atoms with E-state index in [-0.39, 0.29) is 0 Å². The topological polar surface area (TPSA) is 0 Å². The van der Waals surface area contributed by atoms with Gasteiger partial charge in [-0.05, 0) is 160 Å². The van der Waals surface area contributed by atoms with Gasteiger partial charge in [0.2, 0.25) is 0 Å². The second kappa shape index (κ2) is 11.3. The van der Waals surface area contributed by atoms with Crippen molar-refractivity contribution in [1.29, 1.82) is 0 Å². The molecule has 1 heteroatoms. The molecule has 6 aliphatic rings. The van der Waals surface area contributed by atoms with E-state index in [9.17, 15) is 0 Å². The van der Waals surface area contributed by atoms with Crippen molar-refractivity contribution in [2.45, 2.75) is 74.1 Å². The number of hydrogen-bond donors (Lipinski definition) is 0. The fourth-order valence-corrected chi connectivity index (χ4v) is 11.8. The number of halogens is 1. The molecule has 10 rings (SSSR count). The first-order valence-electron chi connectivity index (χ1n) is 18.1. The third-order valence-electron chi connectivity index (χ3n) is 12.6. The largest absolute Gasteiger partial charge is 0.0816 e. The Balaban J connectivity index is 0.868. The summed E-state index contributed by atoms with van der Waals surface area (Å²) in [6, 6.07) is 32.9. The zero-order valence-electron chi connectivity index (χ0n) is 27.1. The Labute approximate surface area is 293 Å². The van der Waals surface area contributed by atoms with E-state index in [0.29, 0.717) is 9.84 Å². The zero-order chi connectivity index (χ0) is 31.1. The number of rotatable bonds is 3. The summed E-state index contributed by atoms with van der Waals surface area (Å²) < 4.78 is 0.709. The highest BCUT2D eigenvalue weighted by molar-refractivity contribution is 14.1. The molecule has 0 spiro atoms. The molecule has 1 fully saturated rings. The van der Waals surface area contributed by atoms with Crippen molar-refractivity contribution in [2.24, 2.45) is 11.8 Å². The monoisotopic (exact) mass is 720 g/mol. The van der Waals surface area contributed by atoms with Crippen LogP contribution in [0, 0.1) is 11.8 Å². The molecule has 6 aliphatic carbocycles. The predicted octanol–water partition coefficient (Wildman–Crippen LogP) is 11.9. The molecule has 4 unspecified atom stereocenters. The maximum Gasteiger partial charge on any atom is 0.0212 e. The molecule has 4 aromatic rings. The minimum atomic E-state index is 0.709. The van der Waals surface area contributed by atoms with Crippen molar-refractivity contribution in [3.63, 3.8) is 0 Å². The summed E-state index contributed by atoms with van der Waals surface area (Å²) in [6.45, 7) is 0. The molecular formula is C46H41I. The van der Waals surface area contributed by atoms with Gasteiger partial charge in [0.25, 0.3) is 0 Å². The van der Waals surface area contributed by atoms with E-state index in [2.05, 4.69) is 126 Å². The molecule has 0 N–H and O–H groups in total. The molecule has 0 heterocycles. The molecular weight excluding hydrogens is 679 g/mol. The van der Waals surface area contributed by atoms with Crippen LogP contribution in [0.4, 0.5) is 0 Å². The molecule has 4 aromatic carbocycles. The fraction of sp³-hybridized carbons (Fsp3) is 0.304. The number of fused-ring (bicyclic) bond motifs is 7. The Bertz CT molecular complexity index is 2080. The van der Waals surface area contributed by atoms with E-state index >= 15 is 0 Å². The molecule has 0 nitrogen and oxygen atoms in total. The van der Waals surface area contributed by atoms with Crippen LogP contribution in [0.1, 0.15) is 100 Å². The quantitative estimate of drug-likeness (QED) is 0.146. The van der Waals surface area contributed by atoms with Gasteiger partial charge >= 0.3 is 0 Å². The summed E-state index contributed by atoms with van der Waals surface area (Å²) in [5.41, 5.74) is 23.1. The normalized spacial score (nSPS) is 25.4. The van der Waals surface area contributed by atoms with E-state index in [1.54, 1.807) is 39.0 Å². The van der Waals surface area contributed by atoms with Crippen molar-refractivity contribution >= 4 is 51.5 Å². The van der Waals surface area contributed by atoms with Crippen LogP contribution in [-0.2, 0) is 25.7 Å². The van der Waals surface area contributed by atoms with Crippen LogP contribution in [0.25, 0.3) is 28.9 Å². The Hall–Kier alpha value is -3.43. The highest BCUT2D eigenvalue weighted by atomic mass is 127. The summed E-state index contributed by atoms with van der Waals surface area (Å²) >= 11 is 2.87. The van der Waals surface area contributed by atoms with Crippen molar-refractivity contribution in [2.75, 3.05) is 0 Å². The molecule has 0 bridgehead atoms. The Kier molecular flexibility index (Phi) is 6.89. The number of hydrogen-bond acceptors (Lipinski definition) is 0. The first kappa shape index (κ1) is 28.6. The molecule has 0 amide bonds. The second-order valence-corrected chi connectivity index (χ2v) is 16.5. The maximum atomic E-state index is 2.87. The average molecular weight is 721 g/mol. The SMILES string of the molecule is IC1C(C2=Cc3ccc(C4=Cc5ccccc5CC4)cc3CC2)CCC2c3ccc(C4=CC5=C(CC4)c4ccccc4C5)cc3CC21. The highest BCUT2D eigenvalue weighted by Gasteiger charge is 2.44. The molecule has 0 aromatic heterocycles. The van der Waals surface area contributed by atoms with Crippen LogP contribution in [0.15, 0.2) is 102 Å². The Morgan fingerprint density at radius 2 is 1.28 bits per heavy atom. The minimum absolute atomic E-state index is 0.709. The van der Waals surface area contributed by atoms with Crippen molar-refractivity contribution in [1.82, 2.24) is 0 Å². The third-order valence-corrected chi connectivity index (χ3v) is 14.4. The fourth-order valence-electron chi connectivity index (χ4n) is 10.2. The van der Waals surface area contributed by atoms with E-state index in [4.69, 9.17) is 0 Å². The summed E-state index contributed by atoms with van der Waals surface area (Å²) in [6.07, 6.45) is 19.7. The molecule has 0 saturated heterocycles. The van der Waals surface area contributed by atoms with Gasteiger partial charge in [-0.1, -0.05) is 131 Å². The second-order valence-electron chi connectivity index (χ2n) is 15.0.